The average molecular weight is 216 g/mol. The van der Waals surface area contributed by atoms with Crippen molar-refractivity contribution in [3.05, 3.63) is 35.4 Å². The second-order valence-corrected chi connectivity index (χ2v) is 3.81. The molecule has 0 bridgehead atoms. The Morgan fingerprint density at radius 1 is 1.12 bits per heavy atom. The summed E-state index contributed by atoms with van der Waals surface area (Å²) in [6.45, 7) is 4.33. The van der Waals surface area contributed by atoms with Gasteiger partial charge in [0.25, 0.3) is 0 Å². The molecular formula is C13H16N2O. The lowest BCUT2D eigenvalue weighted by Crippen LogP contribution is -1.91. The summed E-state index contributed by atoms with van der Waals surface area (Å²) in [6, 6.07) is 8.10. The largest absolute Gasteiger partial charge is 0.381 e. The van der Waals surface area contributed by atoms with Gasteiger partial charge in [-0.25, -0.2) is 0 Å². The standard InChI is InChI=1S/C13H16N2O/c1-3-9-5-6-11(7-10(9)4-2)12-8-13(14)15-16-12/h5-8H,3-4H2,1-2H3,(H2,14,15). The first kappa shape index (κ1) is 10.7. The molecule has 16 heavy (non-hydrogen) atoms. The fourth-order valence-corrected chi connectivity index (χ4v) is 1.88. The lowest BCUT2D eigenvalue weighted by Gasteiger charge is -2.06. The summed E-state index contributed by atoms with van der Waals surface area (Å²) >= 11 is 0. The molecule has 0 fully saturated rings. The molecule has 2 rings (SSSR count). The molecule has 3 nitrogen and oxygen atoms in total. The minimum Gasteiger partial charge on any atom is -0.381 e. The zero-order valence-electron chi connectivity index (χ0n) is 9.66. The van der Waals surface area contributed by atoms with Gasteiger partial charge in [0.15, 0.2) is 11.6 Å². The normalized spacial score (nSPS) is 10.6. The molecule has 1 aromatic heterocycles. The second kappa shape index (κ2) is 4.39. The lowest BCUT2D eigenvalue weighted by atomic mass is 9.99. The molecule has 0 saturated heterocycles. The van der Waals surface area contributed by atoms with Gasteiger partial charge in [0, 0.05) is 11.6 Å². The highest BCUT2D eigenvalue weighted by molar-refractivity contribution is 5.61. The van der Waals surface area contributed by atoms with Crippen molar-refractivity contribution in [2.45, 2.75) is 26.7 Å². The van der Waals surface area contributed by atoms with E-state index in [0.717, 1.165) is 24.2 Å². The van der Waals surface area contributed by atoms with Gasteiger partial charge in [0.1, 0.15) is 0 Å². The van der Waals surface area contributed by atoms with Crippen LogP contribution in [0, 0.1) is 0 Å². The quantitative estimate of drug-likeness (QED) is 0.857. The highest BCUT2D eigenvalue weighted by atomic mass is 16.5. The Hall–Kier alpha value is -1.77. The Labute approximate surface area is 95.3 Å². The van der Waals surface area contributed by atoms with E-state index in [2.05, 4.69) is 37.2 Å². The number of benzene rings is 1. The molecule has 2 N–H and O–H groups in total. The summed E-state index contributed by atoms with van der Waals surface area (Å²) < 4.78 is 5.15. The van der Waals surface area contributed by atoms with Gasteiger partial charge in [0.2, 0.25) is 0 Å². The predicted octanol–water partition coefficient (Wildman–Crippen LogP) is 3.05. The fourth-order valence-electron chi connectivity index (χ4n) is 1.88. The highest BCUT2D eigenvalue weighted by Crippen LogP contribution is 2.24. The van der Waals surface area contributed by atoms with Gasteiger partial charge in [-0.3, -0.25) is 0 Å². The zero-order valence-corrected chi connectivity index (χ0v) is 9.66. The van der Waals surface area contributed by atoms with E-state index in [-0.39, 0.29) is 0 Å². The van der Waals surface area contributed by atoms with Crippen molar-refractivity contribution in [2.75, 3.05) is 5.73 Å². The second-order valence-electron chi connectivity index (χ2n) is 3.81. The number of nitrogens with two attached hydrogens (primary N) is 1. The van der Waals surface area contributed by atoms with Crippen LogP contribution in [0.15, 0.2) is 28.8 Å². The summed E-state index contributed by atoms with van der Waals surface area (Å²) in [5.74, 6) is 1.16. The van der Waals surface area contributed by atoms with Crippen LogP contribution in [0.4, 0.5) is 5.82 Å². The number of hydrogen-bond donors (Lipinski definition) is 1. The van der Waals surface area contributed by atoms with E-state index < -0.39 is 0 Å². The molecule has 0 unspecified atom stereocenters. The fraction of sp³-hybridized carbons (Fsp3) is 0.308. The van der Waals surface area contributed by atoms with E-state index in [9.17, 15) is 0 Å². The Balaban J connectivity index is 2.43. The van der Waals surface area contributed by atoms with E-state index in [1.165, 1.54) is 11.1 Å². The van der Waals surface area contributed by atoms with Crippen LogP contribution in [-0.4, -0.2) is 5.16 Å². The first-order chi connectivity index (χ1) is 7.74. The molecule has 0 aliphatic heterocycles. The van der Waals surface area contributed by atoms with E-state index in [1.807, 2.05) is 0 Å². The highest BCUT2D eigenvalue weighted by Gasteiger charge is 2.07. The summed E-state index contributed by atoms with van der Waals surface area (Å²) in [5, 5.41) is 3.69. The number of anilines is 1. The zero-order chi connectivity index (χ0) is 11.5. The van der Waals surface area contributed by atoms with Gasteiger partial charge in [0.05, 0.1) is 0 Å². The third kappa shape index (κ3) is 1.94. The van der Waals surface area contributed by atoms with Crippen molar-refractivity contribution in [2.24, 2.45) is 0 Å². The summed E-state index contributed by atoms with van der Waals surface area (Å²) in [7, 11) is 0. The smallest absolute Gasteiger partial charge is 0.169 e. The SMILES string of the molecule is CCc1ccc(-c2cc(N)no2)cc1CC. The van der Waals surface area contributed by atoms with Gasteiger partial charge in [-0.05, 0) is 30.0 Å². The van der Waals surface area contributed by atoms with Gasteiger partial charge in [-0.1, -0.05) is 31.1 Å². The van der Waals surface area contributed by atoms with Crippen molar-refractivity contribution >= 4 is 5.82 Å². The summed E-state index contributed by atoms with van der Waals surface area (Å²) in [4.78, 5) is 0. The maximum Gasteiger partial charge on any atom is 0.169 e. The van der Waals surface area contributed by atoms with Crippen molar-refractivity contribution in [1.82, 2.24) is 5.16 Å². The predicted molar refractivity (Wildman–Crippen MR) is 65.1 cm³/mol. The number of hydrogen-bond acceptors (Lipinski definition) is 3. The van der Waals surface area contributed by atoms with Gasteiger partial charge >= 0.3 is 0 Å². The lowest BCUT2D eigenvalue weighted by molar-refractivity contribution is 0.436. The number of nitrogen functional groups attached to an aromatic ring is 1. The molecule has 3 heteroatoms. The molecule has 0 aliphatic carbocycles. The first-order valence-electron chi connectivity index (χ1n) is 5.59. The van der Waals surface area contributed by atoms with Crippen molar-refractivity contribution in [3.8, 4) is 11.3 Å². The van der Waals surface area contributed by atoms with Crippen LogP contribution in [0.5, 0.6) is 0 Å². The first-order valence-corrected chi connectivity index (χ1v) is 5.59. The Morgan fingerprint density at radius 2 is 1.88 bits per heavy atom. The molecule has 2 aromatic rings. The van der Waals surface area contributed by atoms with E-state index in [0.29, 0.717) is 5.82 Å². The van der Waals surface area contributed by atoms with Crippen LogP contribution in [0.1, 0.15) is 25.0 Å². The topological polar surface area (TPSA) is 52.0 Å². The van der Waals surface area contributed by atoms with Gasteiger partial charge in [-0.2, -0.15) is 0 Å². The number of nitrogens with zero attached hydrogens (tertiary/aromatic N) is 1. The molecule has 0 saturated carbocycles. The van der Waals surface area contributed by atoms with Crippen LogP contribution in [0.3, 0.4) is 0 Å². The number of aryl methyl sites for hydroxylation is 2. The summed E-state index contributed by atoms with van der Waals surface area (Å²) in [6.07, 6.45) is 2.09. The van der Waals surface area contributed by atoms with Crippen LogP contribution >= 0.6 is 0 Å². The van der Waals surface area contributed by atoms with Gasteiger partial charge < -0.3 is 10.3 Å². The van der Waals surface area contributed by atoms with E-state index in [4.69, 9.17) is 10.3 Å². The minimum absolute atomic E-state index is 0.424. The monoisotopic (exact) mass is 216 g/mol. The van der Waals surface area contributed by atoms with Crippen LogP contribution in [0.2, 0.25) is 0 Å². The third-order valence-electron chi connectivity index (χ3n) is 2.78. The van der Waals surface area contributed by atoms with Crippen molar-refractivity contribution in [3.63, 3.8) is 0 Å². The Kier molecular flexibility index (Phi) is 2.95. The van der Waals surface area contributed by atoms with Crippen LogP contribution in [-0.2, 0) is 12.8 Å². The minimum atomic E-state index is 0.424. The maximum atomic E-state index is 5.54. The maximum absolute atomic E-state index is 5.54. The molecule has 84 valence electrons. The molecule has 0 amide bonds. The average Bonchev–Trinajstić information content (AvgIpc) is 2.75. The molecule has 0 radical (unpaired) electrons. The van der Waals surface area contributed by atoms with Crippen molar-refractivity contribution in [1.29, 1.82) is 0 Å². The molecule has 0 aliphatic rings. The molecule has 0 atom stereocenters. The van der Waals surface area contributed by atoms with Crippen LogP contribution in [0.25, 0.3) is 11.3 Å². The number of aromatic nitrogens is 1. The molecular weight excluding hydrogens is 200 g/mol. The van der Waals surface area contributed by atoms with Crippen LogP contribution < -0.4 is 5.73 Å². The van der Waals surface area contributed by atoms with Gasteiger partial charge in [-0.15, -0.1) is 0 Å². The molecule has 0 spiro atoms. The Morgan fingerprint density at radius 3 is 2.44 bits per heavy atom. The Bertz CT molecular complexity index is 488. The molecule has 1 aromatic carbocycles. The van der Waals surface area contributed by atoms with E-state index in [1.54, 1.807) is 6.07 Å². The summed E-state index contributed by atoms with van der Waals surface area (Å²) in [5.41, 5.74) is 9.32. The number of rotatable bonds is 3. The molecule has 1 heterocycles. The van der Waals surface area contributed by atoms with Crippen molar-refractivity contribution < 1.29 is 4.52 Å². The third-order valence-corrected chi connectivity index (χ3v) is 2.78. The van der Waals surface area contributed by atoms with E-state index >= 15 is 0 Å².